The van der Waals surface area contributed by atoms with Gasteiger partial charge in [0.15, 0.2) is 5.82 Å². The molecule has 0 aliphatic rings. The maximum Gasteiger partial charge on any atom is 0.265 e. The molecule has 0 spiro atoms. The van der Waals surface area contributed by atoms with Gasteiger partial charge in [0, 0.05) is 23.1 Å². The van der Waals surface area contributed by atoms with Gasteiger partial charge in [-0.2, -0.15) is 10.2 Å². The molecule has 4 aromatic rings. The van der Waals surface area contributed by atoms with Gasteiger partial charge in [-0.05, 0) is 61.4 Å². The highest BCUT2D eigenvalue weighted by atomic mass is 35.5. The highest BCUT2D eigenvalue weighted by Crippen LogP contribution is 2.33. The first-order valence-corrected chi connectivity index (χ1v) is 8.97. The number of imidazole rings is 1. The summed E-state index contributed by atoms with van der Waals surface area (Å²) < 4.78 is 7.99. The van der Waals surface area contributed by atoms with E-state index in [2.05, 4.69) is 21.4 Å². The van der Waals surface area contributed by atoms with Crippen LogP contribution in [0.25, 0.3) is 5.65 Å². The Hall–Kier alpha value is -3.56. The van der Waals surface area contributed by atoms with E-state index < -0.39 is 0 Å². The molecule has 4 rings (SSSR count). The topological polar surface area (TPSA) is 75.2 Å². The number of benzene rings is 2. The minimum atomic E-state index is 0.386. The Bertz CT molecular complexity index is 1180. The number of ether oxygens (including phenoxy) is 1. The van der Waals surface area contributed by atoms with Crippen molar-refractivity contribution >= 4 is 28.8 Å². The summed E-state index contributed by atoms with van der Waals surface area (Å²) in [6, 6.07) is 13.0. The first-order valence-electron chi connectivity index (χ1n) is 8.59. The van der Waals surface area contributed by atoms with Crippen LogP contribution in [0.4, 0.5) is 11.5 Å². The number of aromatic nitrogens is 3. The third-order valence-electron chi connectivity index (χ3n) is 4.25. The summed E-state index contributed by atoms with van der Waals surface area (Å²) in [6.45, 7) is 3.88. The Kier molecular flexibility index (Phi) is 4.60. The number of hydrogen-bond donors (Lipinski definition) is 1. The van der Waals surface area contributed by atoms with Crippen molar-refractivity contribution in [2.45, 2.75) is 13.8 Å². The smallest absolute Gasteiger partial charge is 0.265 e. The van der Waals surface area contributed by atoms with Gasteiger partial charge in [-0.15, -0.1) is 0 Å². The molecular formula is C21H16ClN5O. The molecule has 6 nitrogen and oxygen atoms in total. The van der Waals surface area contributed by atoms with Crippen molar-refractivity contribution in [3.63, 3.8) is 0 Å². The largest absolute Gasteiger partial charge is 0.435 e. The minimum absolute atomic E-state index is 0.386. The van der Waals surface area contributed by atoms with Gasteiger partial charge in [0.2, 0.25) is 5.65 Å². The molecule has 28 heavy (non-hydrogen) atoms. The van der Waals surface area contributed by atoms with Crippen LogP contribution in [-0.4, -0.2) is 14.4 Å². The molecule has 0 amide bonds. The van der Waals surface area contributed by atoms with Crippen molar-refractivity contribution in [2.75, 3.05) is 5.32 Å². The van der Waals surface area contributed by atoms with Crippen molar-refractivity contribution < 1.29 is 4.74 Å². The van der Waals surface area contributed by atoms with E-state index in [1.54, 1.807) is 18.3 Å². The Morgan fingerprint density at radius 2 is 1.86 bits per heavy atom. The van der Waals surface area contributed by atoms with E-state index in [9.17, 15) is 0 Å². The minimum Gasteiger partial charge on any atom is -0.435 e. The summed E-state index contributed by atoms with van der Waals surface area (Å²) in [7, 11) is 0. The van der Waals surface area contributed by atoms with Crippen molar-refractivity contribution in [3.8, 4) is 17.7 Å². The summed E-state index contributed by atoms with van der Waals surface area (Å²) in [5.74, 6) is 1.68. The van der Waals surface area contributed by atoms with Gasteiger partial charge in [0.25, 0.3) is 5.88 Å². The number of halogens is 1. The van der Waals surface area contributed by atoms with E-state index in [1.165, 1.54) is 0 Å². The van der Waals surface area contributed by atoms with Crippen LogP contribution in [0, 0.1) is 25.2 Å². The summed E-state index contributed by atoms with van der Waals surface area (Å²) in [5.41, 5.74) is 3.86. The van der Waals surface area contributed by atoms with E-state index in [1.807, 2.05) is 54.9 Å². The SMILES string of the molecule is Cc1cc(Cl)cc(C)c1Oc1nc(Nc2ccc(C#N)cc2)cn2ccnc12. The number of nitriles is 1. The maximum atomic E-state index is 8.93. The van der Waals surface area contributed by atoms with Crippen LogP contribution in [-0.2, 0) is 0 Å². The zero-order chi connectivity index (χ0) is 19.7. The van der Waals surface area contributed by atoms with Crippen LogP contribution >= 0.6 is 11.6 Å². The van der Waals surface area contributed by atoms with E-state index in [0.29, 0.717) is 33.7 Å². The van der Waals surface area contributed by atoms with Gasteiger partial charge < -0.3 is 10.1 Å². The van der Waals surface area contributed by atoms with Gasteiger partial charge in [-0.3, -0.25) is 4.40 Å². The lowest BCUT2D eigenvalue weighted by atomic mass is 10.1. The Morgan fingerprint density at radius 3 is 2.54 bits per heavy atom. The molecule has 2 aromatic carbocycles. The van der Waals surface area contributed by atoms with Crippen LogP contribution in [0.3, 0.4) is 0 Å². The lowest BCUT2D eigenvalue weighted by molar-refractivity contribution is 0.459. The van der Waals surface area contributed by atoms with Crippen molar-refractivity contribution in [3.05, 3.63) is 76.7 Å². The number of aryl methyl sites for hydroxylation is 2. The molecule has 0 radical (unpaired) electrons. The molecule has 0 saturated heterocycles. The predicted octanol–water partition coefficient (Wildman–Crippen LogP) is 5.41. The Labute approximate surface area is 167 Å². The molecule has 0 aliphatic heterocycles. The van der Waals surface area contributed by atoms with Crippen molar-refractivity contribution in [2.24, 2.45) is 0 Å². The number of rotatable bonds is 4. The second-order valence-corrected chi connectivity index (χ2v) is 6.81. The molecule has 2 heterocycles. The van der Waals surface area contributed by atoms with Crippen molar-refractivity contribution in [1.29, 1.82) is 5.26 Å². The fraction of sp³-hybridized carbons (Fsp3) is 0.0952. The second kappa shape index (κ2) is 7.22. The van der Waals surface area contributed by atoms with E-state index in [4.69, 9.17) is 21.6 Å². The average molecular weight is 390 g/mol. The van der Waals surface area contributed by atoms with Crippen LogP contribution in [0.5, 0.6) is 11.6 Å². The fourth-order valence-electron chi connectivity index (χ4n) is 2.96. The van der Waals surface area contributed by atoms with Crippen LogP contribution < -0.4 is 10.1 Å². The number of anilines is 2. The summed E-state index contributed by atoms with van der Waals surface area (Å²) in [5, 5.41) is 12.8. The van der Waals surface area contributed by atoms with Gasteiger partial charge >= 0.3 is 0 Å². The number of nitrogens with one attached hydrogen (secondary N) is 1. The predicted molar refractivity (Wildman–Crippen MR) is 108 cm³/mol. The average Bonchev–Trinajstić information content (AvgIpc) is 3.14. The fourth-order valence-corrected chi connectivity index (χ4v) is 3.29. The highest BCUT2D eigenvalue weighted by molar-refractivity contribution is 6.30. The number of hydrogen-bond acceptors (Lipinski definition) is 5. The van der Waals surface area contributed by atoms with Gasteiger partial charge in [-0.1, -0.05) is 11.6 Å². The molecule has 0 saturated carbocycles. The molecule has 138 valence electrons. The quantitative estimate of drug-likeness (QED) is 0.505. The van der Waals surface area contributed by atoms with Crippen LogP contribution in [0.2, 0.25) is 5.02 Å². The Balaban J connectivity index is 1.72. The Morgan fingerprint density at radius 1 is 1.14 bits per heavy atom. The zero-order valence-corrected chi connectivity index (χ0v) is 16.0. The highest BCUT2D eigenvalue weighted by Gasteiger charge is 2.14. The molecule has 2 aromatic heterocycles. The van der Waals surface area contributed by atoms with E-state index in [-0.39, 0.29) is 0 Å². The molecule has 0 unspecified atom stereocenters. The van der Waals surface area contributed by atoms with Crippen molar-refractivity contribution in [1.82, 2.24) is 14.4 Å². The first kappa shape index (κ1) is 17.8. The second-order valence-electron chi connectivity index (χ2n) is 6.37. The molecule has 7 heteroatoms. The normalized spacial score (nSPS) is 10.6. The third-order valence-corrected chi connectivity index (χ3v) is 4.47. The number of fused-ring (bicyclic) bond motifs is 1. The lowest BCUT2D eigenvalue weighted by Gasteiger charge is -2.14. The first-order chi connectivity index (χ1) is 13.5. The third kappa shape index (κ3) is 3.48. The summed E-state index contributed by atoms with van der Waals surface area (Å²) in [6.07, 6.45) is 5.35. The summed E-state index contributed by atoms with van der Waals surface area (Å²) in [4.78, 5) is 8.94. The molecule has 0 atom stereocenters. The number of nitrogens with zero attached hydrogens (tertiary/aromatic N) is 4. The van der Waals surface area contributed by atoms with Gasteiger partial charge in [0.1, 0.15) is 5.75 Å². The molecular weight excluding hydrogens is 374 g/mol. The molecule has 0 fully saturated rings. The molecule has 0 bridgehead atoms. The van der Waals surface area contributed by atoms with Crippen LogP contribution in [0.1, 0.15) is 16.7 Å². The van der Waals surface area contributed by atoms with Gasteiger partial charge in [0.05, 0.1) is 17.8 Å². The molecule has 0 aliphatic carbocycles. The van der Waals surface area contributed by atoms with Crippen LogP contribution in [0.15, 0.2) is 55.0 Å². The zero-order valence-electron chi connectivity index (χ0n) is 15.3. The summed E-state index contributed by atoms with van der Waals surface area (Å²) >= 11 is 6.12. The lowest BCUT2D eigenvalue weighted by Crippen LogP contribution is -2.01. The monoisotopic (exact) mass is 389 g/mol. The van der Waals surface area contributed by atoms with Gasteiger partial charge in [-0.25, -0.2) is 4.98 Å². The standard InChI is InChI=1S/C21H16ClN5O/c1-13-9-16(22)10-14(2)19(13)28-21-20-24-7-8-27(20)12-18(26-21)25-17-5-3-15(11-23)4-6-17/h3-10,12,25H,1-2H3. The molecule has 1 N–H and O–H groups in total. The van der Waals surface area contributed by atoms with E-state index >= 15 is 0 Å². The van der Waals surface area contributed by atoms with E-state index in [0.717, 1.165) is 16.8 Å². The maximum absolute atomic E-state index is 8.93.